The summed E-state index contributed by atoms with van der Waals surface area (Å²) < 4.78 is 78.0. The predicted molar refractivity (Wildman–Crippen MR) is 89.2 cm³/mol. The molecule has 0 saturated heterocycles. The maximum atomic E-state index is 13.0. The number of anilines is 1. The molecule has 1 fully saturated rings. The van der Waals surface area contributed by atoms with Crippen molar-refractivity contribution in [3.05, 3.63) is 11.1 Å². The van der Waals surface area contributed by atoms with Gasteiger partial charge in [-0.1, -0.05) is 0 Å². The van der Waals surface area contributed by atoms with Crippen LogP contribution in [0.3, 0.4) is 0 Å². The van der Waals surface area contributed by atoms with Crippen molar-refractivity contribution in [1.29, 1.82) is 0 Å². The molecule has 0 aliphatic heterocycles. The van der Waals surface area contributed by atoms with Gasteiger partial charge in [-0.2, -0.15) is 26.3 Å². The summed E-state index contributed by atoms with van der Waals surface area (Å²) in [5, 5.41) is 3.68. The summed E-state index contributed by atoms with van der Waals surface area (Å²) in [4.78, 5) is 7.11. The average Bonchev–Trinajstić information content (AvgIpc) is 3.01. The molecular formula is C16H23F6N3S. The van der Waals surface area contributed by atoms with E-state index in [9.17, 15) is 26.3 Å². The van der Waals surface area contributed by atoms with E-state index >= 15 is 0 Å². The van der Waals surface area contributed by atoms with Crippen LogP contribution in [0.15, 0.2) is 6.20 Å². The van der Waals surface area contributed by atoms with Crippen molar-refractivity contribution in [3.63, 3.8) is 0 Å². The van der Waals surface area contributed by atoms with Crippen LogP contribution >= 0.6 is 11.3 Å². The van der Waals surface area contributed by atoms with E-state index in [1.807, 2.05) is 18.7 Å². The van der Waals surface area contributed by atoms with Gasteiger partial charge in [-0.25, -0.2) is 4.98 Å². The van der Waals surface area contributed by atoms with Crippen molar-refractivity contribution in [1.82, 2.24) is 10.3 Å². The number of hydrogen-bond acceptors (Lipinski definition) is 4. The summed E-state index contributed by atoms with van der Waals surface area (Å²) in [6.07, 6.45) is -9.11. The SMILES string of the molecule is CCN(CC)c1ncc(CNC2C[C@@H](C(F)(F)F)C[C@@H](C(F)(F)F)C2)s1. The molecule has 1 saturated carbocycles. The Labute approximate surface area is 152 Å². The molecule has 0 amide bonds. The molecule has 1 aliphatic rings. The minimum Gasteiger partial charge on any atom is -0.349 e. The first-order valence-corrected chi connectivity index (χ1v) is 9.42. The van der Waals surface area contributed by atoms with E-state index in [1.54, 1.807) is 6.20 Å². The Morgan fingerprint density at radius 1 is 1.04 bits per heavy atom. The van der Waals surface area contributed by atoms with Crippen molar-refractivity contribution >= 4 is 16.5 Å². The van der Waals surface area contributed by atoms with Crippen LogP contribution in [0.5, 0.6) is 0 Å². The van der Waals surface area contributed by atoms with E-state index in [4.69, 9.17) is 0 Å². The first-order chi connectivity index (χ1) is 12.0. The quantitative estimate of drug-likeness (QED) is 0.679. The second kappa shape index (κ2) is 8.33. The third-order valence-electron chi connectivity index (χ3n) is 4.77. The summed E-state index contributed by atoms with van der Waals surface area (Å²) in [5.74, 6) is -3.85. The zero-order valence-electron chi connectivity index (χ0n) is 14.6. The fourth-order valence-electron chi connectivity index (χ4n) is 3.28. The Balaban J connectivity index is 2.01. The zero-order valence-corrected chi connectivity index (χ0v) is 15.4. The lowest BCUT2D eigenvalue weighted by molar-refractivity contribution is -0.225. The Morgan fingerprint density at radius 3 is 2.04 bits per heavy atom. The molecule has 10 heteroatoms. The molecular weight excluding hydrogens is 380 g/mol. The first kappa shape index (κ1) is 21.3. The van der Waals surface area contributed by atoms with Gasteiger partial charge in [-0.05, 0) is 33.1 Å². The summed E-state index contributed by atoms with van der Waals surface area (Å²) >= 11 is 1.40. The normalized spacial score (nSPS) is 24.7. The van der Waals surface area contributed by atoms with E-state index in [2.05, 4.69) is 10.3 Å². The van der Waals surface area contributed by atoms with Gasteiger partial charge in [-0.15, -0.1) is 11.3 Å². The first-order valence-electron chi connectivity index (χ1n) is 8.61. The number of halogens is 6. The van der Waals surface area contributed by atoms with E-state index in [0.717, 1.165) is 23.1 Å². The van der Waals surface area contributed by atoms with Gasteiger partial charge in [0.15, 0.2) is 5.13 Å². The lowest BCUT2D eigenvalue weighted by Crippen LogP contribution is -2.45. The molecule has 1 aromatic heterocycles. The van der Waals surface area contributed by atoms with Gasteiger partial charge in [0.05, 0.1) is 11.8 Å². The number of thiazole rings is 1. The number of hydrogen-bond donors (Lipinski definition) is 1. The molecule has 0 radical (unpaired) electrons. The number of rotatable bonds is 6. The largest absolute Gasteiger partial charge is 0.391 e. The van der Waals surface area contributed by atoms with Gasteiger partial charge in [-0.3, -0.25) is 0 Å². The van der Waals surface area contributed by atoms with E-state index in [1.165, 1.54) is 11.3 Å². The van der Waals surface area contributed by atoms with E-state index < -0.39 is 36.7 Å². The zero-order chi connectivity index (χ0) is 19.5. The van der Waals surface area contributed by atoms with Crippen molar-refractivity contribution in [2.75, 3.05) is 18.0 Å². The van der Waals surface area contributed by atoms with Crippen molar-refractivity contribution in [2.45, 2.75) is 58.0 Å². The molecule has 1 aliphatic carbocycles. The number of alkyl halides is 6. The second-order valence-corrected chi connectivity index (χ2v) is 7.64. The fourth-order valence-corrected chi connectivity index (χ4v) is 4.27. The molecule has 2 rings (SSSR count). The van der Waals surface area contributed by atoms with Crippen molar-refractivity contribution < 1.29 is 26.3 Å². The smallest absolute Gasteiger partial charge is 0.349 e. The van der Waals surface area contributed by atoms with Crippen LogP contribution < -0.4 is 10.2 Å². The standard InChI is InChI=1S/C16H23F6N3S/c1-3-25(4-2)14-24-9-13(26-14)8-23-12-6-10(15(17,18)19)5-11(7-12)16(20,21)22/h9-12,23H,3-8H2,1-2H3/t10-,11+,12?. The summed E-state index contributed by atoms with van der Waals surface area (Å²) in [7, 11) is 0. The molecule has 0 spiro atoms. The third kappa shape index (κ3) is 5.48. The van der Waals surface area contributed by atoms with Gasteiger partial charge in [0.1, 0.15) is 0 Å². The fraction of sp³-hybridized carbons (Fsp3) is 0.812. The van der Waals surface area contributed by atoms with Crippen LogP contribution in [0.25, 0.3) is 0 Å². The molecule has 1 heterocycles. The van der Waals surface area contributed by atoms with Crippen LogP contribution in [0.1, 0.15) is 38.0 Å². The highest BCUT2D eigenvalue weighted by atomic mass is 32.1. The highest BCUT2D eigenvalue weighted by Crippen LogP contribution is 2.45. The highest BCUT2D eigenvalue weighted by Gasteiger charge is 2.51. The maximum absolute atomic E-state index is 13.0. The summed E-state index contributed by atoms with van der Waals surface area (Å²) in [5.41, 5.74) is 0. The lowest BCUT2D eigenvalue weighted by Gasteiger charge is -2.37. The van der Waals surface area contributed by atoms with Crippen LogP contribution in [0, 0.1) is 11.8 Å². The molecule has 150 valence electrons. The second-order valence-electron chi connectivity index (χ2n) is 6.54. The van der Waals surface area contributed by atoms with E-state index in [-0.39, 0.29) is 19.4 Å². The highest BCUT2D eigenvalue weighted by molar-refractivity contribution is 7.15. The van der Waals surface area contributed by atoms with Crippen LogP contribution in [-0.4, -0.2) is 36.5 Å². The van der Waals surface area contributed by atoms with Crippen molar-refractivity contribution in [2.24, 2.45) is 11.8 Å². The third-order valence-corrected chi connectivity index (χ3v) is 5.83. The van der Waals surface area contributed by atoms with E-state index in [0.29, 0.717) is 0 Å². The Morgan fingerprint density at radius 2 is 1.58 bits per heavy atom. The van der Waals surface area contributed by atoms with Gasteiger partial charge < -0.3 is 10.2 Å². The predicted octanol–water partition coefficient (Wildman–Crippen LogP) is 4.99. The van der Waals surface area contributed by atoms with Gasteiger partial charge in [0.25, 0.3) is 0 Å². The van der Waals surface area contributed by atoms with Crippen LogP contribution in [0.4, 0.5) is 31.5 Å². The molecule has 26 heavy (non-hydrogen) atoms. The van der Waals surface area contributed by atoms with Gasteiger partial charge in [0, 0.05) is 36.8 Å². The van der Waals surface area contributed by atoms with Crippen molar-refractivity contribution in [3.8, 4) is 0 Å². The molecule has 3 atom stereocenters. The lowest BCUT2D eigenvalue weighted by atomic mass is 9.77. The minimum absolute atomic E-state index is 0.221. The Hall–Kier alpha value is -1.03. The van der Waals surface area contributed by atoms with Crippen LogP contribution in [-0.2, 0) is 6.54 Å². The van der Waals surface area contributed by atoms with Gasteiger partial charge in [0.2, 0.25) is 0 Å². The number of nitrogens with zero attached hydrogens (tertiary/aromatic N) is 2. The molecule has 3 nitrogen and oxygen atoms in total. The molecule has 0 aromatic carbocycles. The van der Waals surface area contributed by atoms with Crippen LogP contribution in [0.2, 0.25) is 0 Å². The topological polar surface area (TPSA) is 28.2 Å². The maximum Gasteiger partial charge on any atom is 0.391 e. The monoisotopic (exact) mass is 403 g/mol. The average molecular weight is 403 g/mol. The Bertz CT molecular complexity index is 545. The molecule has 1 N–H and O–H groups in total. The number of nitrogens with one attached hydrogen (secondary N) is 1. The molecule has 0 bridgehead atoms. The van der Waals surface area contributed by atoms with Gasteiger partial charge >= 0.3 is 12.4 Å². The minimum atomic E-state index is -4.61. The molecule has 1 aromatic rings. The summed E-state index contributed by atoms with van der Waals surface area (Å²) in [6.45, 7) is 5.75. The number of aromatic nitrogens is 1. The Kier molecular flexibility index (Phi) is 6.81. The molecule has 1 unspecified atom stereocenters. The summed E-state index contributed by atoms with van der Waals surface area (Å²) in [6, 6.07) is -0.819.